The monoisotopic (exact) mass is 593 g/mol. The Morgan fingerprint density at radius 1 is 1.23 bits per heavy atom. The number of hydrogen-bond acceptors (Lipinski definition) is 8. The third-order valence-electron chi connectivity index (χ3n) is 10.8. The minimum Gasteiger partial charge on any atom is -0.348 e. The fourth-order valence-corrected chi connectivity index (χ4v) is 8.31. The Bertz CT molecular complexity index is 1290. The molecule has 4 heterocycles. The fourth-order valence-electron chi connectivity index (χ4n) is 8.31. The van der Waals surface area contributed by atoms with Gasteiger partial charge in [0.05, 0.1) is 31.3 Å². The molecule has 5 aliphatic rings. The second-order valence-corrected chi connectivity index (χ2v) is 13.1. The Kier molecular flexibility index (Phi) is 8.59. The van der Waals surface area contributed by atoms with Crippen LogP contribution in [-0.4, -0.2) is 114 Å². The molecule has 4 fully saturated rings. The zero-order chi connectivity index (χ0) is 30.3. The number of hydrogen-bond donors (Lipinski definition) is 2. The number of carbonyl (C=O) groups is 2. The number of likely N-dealkylation sites (N-methyl/N-ethyl adjacent to an activating group) is 2. The molecule has 0 aromatic heterocycles. The molecular weight excluding hydrogens is 549 g/mol. The number of likely N-dealkylation sites (tertiary alicyclic amines) is 1. The molecule has 0 bridgehead atoms. The second-order valence-electron chi connectivity index (χ2n) is 13.1. The van der Waals surface area contributed by atoms with Crippen LogP contribution in [0.15, 0.2) is 30.9 Å². The maximum absolute atomic E-state index is 14.0. The minimum atomic E-state index is -0.388. The number of amides is 2. The number of nitriles is 1. The summed E-state index contributed by atoms with van der Waals surface area (Å²) in [4.78, 5) is 34.4. The van der Waals surface area contributed by atoms with E-state index in [0.29, 0.717) is 44.3 Å². The first kappa shape index (κ1) is 30.2. The highest BCUT2D eigenvalue weighted by molar-refractivity contribution is 5.97. The standard InChI is InChI=1S/C32H44FN7O3/c1-4-28(41)40-15-14-39(19-23(40)10-12-34)29-25-9-11-32(17-21-7-8-22(33)16-26(21)30(42)38(32)3)18-27(25)35-31(36-29)43-20-24-6-5-13-37(24)2/h4,7-8,16,23-25,27,29,31,35-36H,1,5-6,9-11,13-15,17-20H2,2-3H3/t23-,24-,25?,27?,29?,31?,32-/m1/s1. The first-order valence-electron chi connectivity index (χ1n) is 15.7. The topological polar surface area (TPSA) is 104 Å². The molecule has 4 aliphatic heterocycles. The van der Waals surface area contributed by atoms with E-state index in [9.17, 15) is 19.2 Å². The largest absolute Gasteiger partial charge is 0.348 e. The lowest BCUT2D eigenvalue weighted by Crippen LogP contribution is -2.74. The van der Waals surface area contributed by atoms with Crippen LogP contribution in [-0.2, 0) is 16.0 Å². The Morgan fingerprint density at radius 3 is 2.81 bits per heavy atom. The van der Waals surface area contributed by atoms with Gasteiger partial charge in [-0.1, -0.05) is 12.6 Å². The number of carbonyl (C=O) groups excluding carboxylic acids is 2. The molecule has 6 rings (SSSR count). The Hall–Kier alpha value is -2.88. The lowest BCUT2D eigenvalue weighted by atomic mass is 9.66. The molecule has 7 atom stereocenters. The number of rotatable bonds is 6. The van der Waals surface area contributed by atoms with Gasteiger partial charge >= 0.3 is 0 Å². The highest BCUT2D eigenvalue weighted by Gasteiger charge is 2.53. The minimum absolute atomic E-state index is 0.0111. The maximum Gasteiger partial charge on any atom is 0.254 e. The zero-order valence-corrected chi connectivity index (χ0v) is 25.3. The number of nitrogens with zero attached hydrogens (tertiary/aromatic N) is 5. The molecular formula is C32H44FN7O3. The van der Waals surface area contributed by atoms with Gasteiger partial charge in [-0.15, -0.1) is 0 Å². The first-order chi connectivity index (χ1) is 20.7. The van der Waals surface area contributed by atoms with Gasteiger partial charge in [-0.25, -0.2) is 4.39 Å². The van der Waals surface area contributed by atoms with Crippen LogP contribution in [0.2, 0.25) is 0 Å². The van der Waals surface area contributed by atoms with Gasteiger partial charge in [-0.3, -0.25) is 25.1 Å². The van der Waals surface area contributed by atoms with Crippen molar-refractivity contribution in [3.05, 3.63) is 47.8 Å². The number of benzene rings is 1. The van der Waals surface area contributed by atoms with Gasteiger partial charge in [0.2, 0.25) is 5.91 Å². The molecule has 43 heavy (non-hydrogen) atoms. The fraction of sp³-hybridized carbons (Fsp3) is 0.656. The summed E-state index contributed by atoms with van der Waals surface area (Å²) >= 11 is 0. The molecule has 232 valence electrons. The summed E-state index contributed by atoms with van der Waals surface area (Å²) in [6, 6.07) is 7.10. The molecule has 1 aliphatic carbocycles. The van der Waals surface area contributed by atoms with Gasteiger partial charge in [-0.2, -0.15) is 5.26 Å². The lowest BCUT2D eigenvalue weighted by molar-refractivity contribution is -0.137. The van der Waals surface area contributed by atoms with Crippen molar-refractivity contribution in [3.63, 3.8) is 0 Å². The summed E-state index contributed by atoms with van der Waals surface area (Å²) in [5.41, 5.74) is 1.00. The average molecular weight is 594 g/mol. The summed E-state index contributed by atoms with van der Waals surface area (Å²) in [6.45, 7) is 7.16. The van der Waals surface area contributed by atoms with Crippen LogP contribution in [0.5, 0.6) is 0 Å². The van der Waals surface area contributed by atoms with Crippen molar-refractivity contribution in [1.29, 1.82) is 5.26 Å². The summed E-state index contributed by atoms with van der Waals surface area (Å²) in [6.07, 6.45) is 6.67. The molecule has 2 N–H and O–H groups in total. The molecule has 2 amide bonds. The predicted molar refractivity (Wildman–Crippen MR) is 159 cm³/mol. The van der Waals surface area contributed by atoms with E-state index >= 15 is 0 Å². The van der Waals surface area contributed by atoms with Gasteiger partial charge in [0.1, 0.15) is 5.82 Å². The van der Waals surface area contributed by atoms with E-state index in [1.165, 1.54) is 24.6 Å². The Balaban J connectivity index is 1.24. The number of piperazine rings is 1. The van der Waals surface area contributed by atoms with Crippen LogP contribution in [0, 0.1) is 23.1 Å². The highest BCUT2D eigenvalue weighted by Crippen LogP contribution is 2.45. The van der Waals surface area contributed by atoms with Crippen molar-refractivity contribution in [1.82, 2.24) is 30.2 Å². The summed E-state index contributed by atoms with van der Waals surface area (Å²) in [5, 5.41) is 17.1. The number of halogens is 1. The van der Waals surface area contributed by atoms with Gasteiger partial charge in [0.25, 0.3) is 5.91 Å². The molecule has 1 saturated carbocycles. The zero-order valence-electron chi connectivity index (χ0n) is 25.3. The molecule has 4 unspecified atom stereocenters. The van der Waals surface area contributed by atoms with E-state index < -0.39 is 0 Å². The number of fused-ring (bicyclic) bond motifs is 2. The number of nitrogens with one attached hydrogen (secondary N) is 2. The first-order valence-corrected chi connectivity index (χ1v) is 15.7. The van der Waals surface area contributed by atoms with E-state index in [-0.39, 0.29) is 60.1 Å². The van der Waals surface area contributed by atoms with Crippen molar-refractivity contribution < 1.29 is 18.7 Å². The lowest BCUT2D eigenvalue weighted by Gasteiger charge is -2.58. The Morgan fingerprint density at radius 2 is 2.07 bits per heavy atom. The van der Waals surface area contributed by atoms with E-state index in [1.54, 1.807) is 11.0 Å². The van der Waals surface area contributed by atoms with Gasteiger partial charge < -0.3 is 19.4 Å². The van der Waals surface area contributed by atoms with Gasteiger partial charge in [-0.05, 0) is 75.9 Å². The van der Waals surface area contributed by atoms with E-state index in [2.05, 4.69) is 40.1 Å². The van der Waals surface area contributed by atoms with Crippen LogP contribution in [0.4, 0.5) is 4.39 Å². The van der Waals surface area contributed by atoms with Crippen molar-refractivity contribution in [2.45, 2.75) is 81.1 Å². The van der Waals surface area contributed by atoms with Crippen molar-refractivity contribution >= 4 is 11.8 Å². The maximum atomic E-state index is 14.0. The molecule has 3 saturated heterocycles. The van der Waals surface area contributed by atoms with Crippen LogP contribution in [0.1, 0.15) is 54.4 Å². The third kappa shape index (κ3) is 5.71. The van der Waals surface area contributed by atoms with E-state index in [0.717, 1.165) is 37.8 Å². The molecule has 10 nitrogen and oxygen atoms in total. The predicted octanol–water partition coefficient (Wildman–Crippen LogP) is 1.89. The van der Waals surface area contributed by atoms with Crippen molar-refractivity contribution in [2.24, 2.45) is 5.92 Å². The molecule has 1 spiro atoms. The molecule has 11 heteroatoms. The third-order valence-corrected chi connectivity index (χ3v) is 10.8. The second kappa shape index (κ2) is 12.3. The Labute approximate surface area is 253 Å². The number of ether oxygens (including phenoxy) is 1. The summed E-state index contributed by atoms with van der Waals surface area (Å²) in [5.74, 6) is -0.408. The van der Waals surface area contributed by atoms with Crippen LogP contribution in [0.25, 0.3) is 0 Å². The normalized spacial score (nSPS) is 35.0. The molecule has 1 aromatic rings. The average Bonchev–Trinajstić information content (AvgIpc) is 3.43. The van der Waals surface area contributed by atoms with Crippen molar-refractivity contribution in [2.75, 3.05) is 46.9 Å². The van der Waals surface area contributed by atoms with Crippen LogP contribution >= 0.6 is 0 Å². The van der Waals surface area contributed by atoms with Crippen molar-refractivity contribution in [3.8, 4) is 6.07 Å². The summed E-state index contributed by atoms with van der Waals surface area (Å²) in [7, 11) is 4.01. The SMILES string of the molecule is C=CC(=O)N1CCN(C2NC(OC[C@H]3CCCN3C)NC3C[C@@]4(CCC32)Cc2ccc(F)cc2C(=O)N4C)C[C@H]1CC#N. The van der Waals surface area contributed by atoms with E-state index in [1.807, 2.05) is 11.9 Å². The van der Waals surface area contributed by atoms with Crippen LogP contribution in [0.3, 0.4) is 0 Å². The highest BCUT2D eigenvalue weighted by atomic mass is 19.1. The quantitative estimate of drug-likeness (QED) is 0.482. The van der Waals surface area contributed by atoms with Gasteiger partial charge in [0.15, 0.2) is 6.35 Å². The molecule has 1 aromatic carbocycles. The van der Waals surface area contributed by atoms with Crippen LogP contribution < -0.4 is 10.6 Å². The van der Waals surface area contributed by atoms with E-state index in [4.69, 9.17) is 4.74 Å². The van der Waals surface area contributed by atoms with Gasteiger partial charge in [0, 0.05) is 55.8 Å². The smallest absolute Gasteiger partial charge is 0.254 e. The summed E-state index contributed by atoms with van der Waals surface area (Å²) < 4.78 is 20.5. The molecule has 0 radical (unpaired) electrons.